The van der Waals surface area contributed by atoms with E-state index in [1.165, 1.54) is 4.90 Å². The van der Waals surface area contributed by atoms with Gasteiger partial charge in [0, 0.05) is 18.8 Å². The molecule has 1 fully saturated rings. The number of rotatable bonds is 2. The number of carbonyl (C=O) groups excluding carboxylic acids is 2. The van der Waals surface area contributed by atoms with Gasteiger partial charge in [0.1, 0.15) is 6.54 Å². The second-order valence-corrected chi connectivity index (χ2v) is 4.50. The van der Waals surface area contributed by atoms with Crippen LogP contribution < -0.4 is 10.6 Å². The molecule has 1 aromatic carbocycles. The van der Waals surface area contributed by atoms with Gasteiger partial charge >= 0.3 is 6.03 Å². The Labute approximate surface area is 111 Å². The van der Waals surface area contributed by atoms with Crippen LogP contribution in [0.2, 0.25) is 0 Å². The number of hydrogen-bond acceptors (Lipinski definition) is 3. The quantitative estimate of drug-likeness (QED) is 0.734. The minimum absolute atomic E-state index is 0.0809. The molecule has 1 aliphatic heterocycles. The monoisotopic (exact) mass is 263 g/mol. The van der Waals surface area contributed by atoms with Crippen molar-refractivity contribution >= 4 is 17.6 Å². The summed E-state index contributed by atoms with van der Waals surface area (Å²) in [6.45, 7) is 2.74. The molecule has 6 heteroatoms. The van der Waals surface area contributed by atoms with Gasteiger partial charge in [0.15, 0.2) is 0 Å². The van der Waals surface area contributed by atoms with Gasteiger partial charge in [-0.25, -0.2) is 4.79 Å². The molecule has 0 bridgehead atoms. The maximum Gasteiger partial charge on any atom is 0.322 e. The molecule has 0 radical (unpaired) electrons. The zero-order chi connectivity index (χ0) is 13.8. The molecule has 1 heterocycles. The van der Waals surface area contributed by atoms with Gasteiger partial charge in [0.2, 0.25) is 5.91 Å². The van der Waals surface area contributed by atoms with Crippen LogP contribution in [0.3, 0.4) is 0 Å². The van der Waals surface area contributed by atoms with Crippen LogP contribution in [0.25, 0.3) is 0 Å². The van der Waals surface area contributed by atoms with Gasteiger partial charge in [0.25, 0.3) is 0 Å². The van der Waals surface area contributed by atoms with E-state index in [4.69, 9.17) is 0 Å². The highest BCUT2D eigenvalue weighted by Crippen LogP contribution is 2.16. The molecule has 1 saturated heterocycles. The number of urea groups is 1. The highest BCUT2D eigenvalue weighted by atomic mass is 16.3. The largest absolute Gasteiger partial charge is 0.389 e. The molecule has 0 aromatic heterocycles. The number of hydrogen-bond donors (Lipinski definition) is 3. The van der Waals surface area contributed by atoms with Crippen LogP contribution in [0.5, 0.6) is 0 Å². The third-order valence-electron chi connectivity index (χ3n) is 2.97. The second-order valence-electron chi connectivity index (χ2n) is 4.50. The first-order valence-corrected chi connectivity index (χ1v) is 6.17. The first-order valence-electron chi connectivity index (χ1n) is 6.17. The molecule has 1 atom stereocenters. The Morgan fingerprint density at radius 3 is 2.68 bits per heavy atom. The average molecular weight is 263 g/mol. The molecule has 1 aromatic rings. The standard InChI is InChI=1S/C13H17N3O3/c1-9(17)10-2-4-11(5-3-10)15-13(19)16-7-6-14-12(18)8-16/h2-5,9,17H,6-8H2,1H3,(H,14,18)(H,15,19). The van der Waals surface area contributed by atoms with E-state index >= 15 is 0 Å². The Hall–Kier alpha value is -2.08. The normalized spacial score (nSPS) is 16.7. The fourth-order valence-electron chi connectivity index (χ4n) is 1.86. The number of piperazine rings is 1. The molecular formula is C13H17N3O3. The fourth-order valence-corrected chi connectivity index (χ4v) is 1.86. The number of aliphatic hydroxyl groups excluding tert-OH is 1. The molecule has 2 rings (SSSR count). The topological polar surface area (TPSA) is 81.7 Å². The van der Waals surface area contributed by atoms with Crippen LogP contribution in [0.15, 0.2) is 24.3 Å². The first kappa shape index (κ1) is 13.4. The average Bonchev–Trinajstić information content (AvgIpc) is 2.39. The SMILES string of the molecule is CC(O)c1ccc(NC(=O)N2CCNC(=O)C2)cc1. The minimum atomic E-state index is -0.532. The molecule has 102 valence electrons. The molecule has 1 aliphatic rings. The number of benzene rings is 1. The lowest BCUT2D eigenvalue weighted by Gasteiger charge is -2.26. The molecule has 0 saturated carbocycles. The summed E-state index contributed by atoms with van der Waals surface area (Å²) < 4.78 is 0. The van der Waals surface area contributed by atoms with E-state index in [0.717, 1.165) is 5.56 Å². The zero-order valence-corrected chi connectivity index (χ0v) is 10.7. The van der Waals surface area contributed by atoms with E-state index in [-0.39, 0.29) is 18.5 Å². The van der Waals surface area contributed by atoms with Gasteiger partial charge in [-0.15, -0.1) is 0 Å². The van der Waals surface area contributed by atoms with Crippen LogP contribution in [-0.4, -0.2) is 41.6 Å². The number of nitrogens with one attached hydrogen (secondary N) is 2. The lowest BCUT2D eigenvalue weighted by molar-refractivity contribution is -0.123. The molecule has 1 unspecified atom stereocenters. The van der Waals surface area contributed by atoms with Crippen molar-refractivity contribution in [3.63, 3.8) is 0 Å². The Morgan fingerprint density at radius 1 is 1.42 bits per heavy atom. The highest BCUT2D eigenvalue weighted by Gasteiger charge is 2.20. The van der Waals surface area contributed by atoms with Crippen molar-refractivity contribution in [3.05, 3.63) is 29.8 Å². The summed E-state index contributed by atoms with van der Waals surface area (Å²) in [6.07, 6.45) is -0.532. The number of aliphatic hydroxyl groups is 1. The second kappa shape index (κ2) is 5.71. The van der Waals surface area contributed by atoms with E-state index in [1.807, 2.05) is 0 Å². The molecule has 0 spiro atoms. The fraction of sp³-hybridized carbons (Fsp3) is 0.385. The van der Waals surface area contributed by atoms with E-state index in [1.54, 1.807) is 31.2 Å². The molecule has 19 heavy (non-hydrogen) atoms. The van der Waals surface area contributed by atoms with Crippen LogP contribution in [0.1, 0.15) is 18.6 Å². The smallest absolute Gasteiger partial charge is 0.322 e. The summed E-state index contributed by atoms with van der Waals surface area (Å²) in [5, 5.41) is 14.8. The number of carbonyl (C=O) groups is 2. The highest BCUT2D eigenvalue weighted by molar-refractivity contribution is 5.93. The van der Waals surface area contributed by atoms with Gasteiger partial charge in [-0.05, 0) is 24.6 Å². The molecule has 3 N–H and O–H groups in total. The van der Waals surface area contributed by atoms with Crippen molar-refractivity contribution in [3.8, 4) is 0 Å². The lowest BCUT2D eigenvalue weighted by Crippen LogP contribution is -2.51. The maximum absolute atomic E-state index is 11.9. The Kier molecular flexibility index (Phi) is 4.01. The van der Waals surface area contributed by atoms with Crippen molar-refractivity contribution in [2.45, 2.75) is 13.0 Å². The van der Waals surface area contributed by atoms with Crippen LogP contribution in [0.4, 0.5) is 10.5 Å². The summed E-state index contributed by atoms with van der Waals surface area (Å²) in [4.78, 5) is 24.6. The summed E-state index contributed by atoms with van der Waals surface area (Å²) >= 11 is 0. The zero-order valence-electron chi connectivity index (χ0n) is 10.7. The molecule has 0 aliphatic carbocycles. The number of amides is 3. The van der Waals surface area contributed by atoms with Gasteiger partial charge < -0.3 is 20.6 Å². The van der Waals surface area contributed by atoms with Gasteiger partial charge in [-0.3, -0.25) is 4.79 Å². The molecule has 6 nitrogen and oxygen atoms in total. The van der Waals surface area contributed by atoms with E-state index in [9.17, 15) is 14.7 Å². The lowest BCUT2D eigenvalue weighted by atomic mass is 10.1. The van der Waals surface area contributed by atoms with Gasteiger partial charge in [0.05, 0.1) is 6.10 Å². The van der Waals surface area contributed by atoms with Crippen molar-refractivity contribution < 1.29 is 14.7 Å². The summed E-state index contributed by atoms with van der Waals surface area (Å²) in [6, 6.07) is 6.67. The van der Waals surface area contributed by atoms with Crippen molar-refractivity contribution in [1.82, 2.24) is 10.2 Å². The summed E-state index contributed by atoms with van der Waals surface area (Å²) in [7, 11) is 0. The summed E-state index contributed by atoms with van der Waals surface area (Å²) in [5.41, 5.74) is 1.43. The van der Waals surface area contributed by atoms with Crippen molar-refractivity contribution in [2.24, 2.45) is 0 Å². The van der Waals surface area contributed by atoms with Crippen molar-refractivity contribution in [1.29, 1.82) is 0 Å². The van der Waals surface area contributed by atoms with E-state index in [0.29, 0.717) is 18.8 Å². The number of anilines is 1. The van der Waals surface area contributed by atoms with E-state index < -0.39 is 6.10 Å². The third kappa shape index (κ3) is 3.45. The van der Waals surface area contributed by atoms with Crippen LogP contribution >= 0.6 is 0 Å². The predicted molar refractivity (Wildman–Crippen MR) is 70.7 cm³/mol. The summed E-state index contributed by atoms with van der Waals surface area (Å²) in [5.74, 6) is -0.147. The van der Waals surface area contributed by atoms with E-state index in [2.05, 4.69) is 10.6 Å². The Morgan fingerprint density at radius 2 is 2.11 bits per heavy atom. The van der Waals surface area contributed by atoms with Crippen LogP contribution in [0, 0.1) is 0 Å². The molecular weight excluding hydrogens is 246 g/mol. The minimum Gasteiger partial charge on any atom is -0.389 e. The number of nitrogens with zero attached hydrogens (tertiary/aromatic N) is 1. The predicted octanol–water partition coefficient (Wildman–Crippen LogP) is 0.704. The first-order chi connectivity index (χ1) is 9.06. The molecule has 3 amide bonds. The Balaban J connectivity index is 1.96. The van der Waals surface area contributed by atoms with Gasteiger partial charge in [-0.2, -0.15) is 0 Å². The van der Waals surface area contributed by atoms with Gasteiger partial charge in [-0.1, -0.05) is 12.1 Å². The Bertz CT molecular complexity index is 471. The van der Waals surface area contributed by atoms with Crippen LogP contribution in [-0.2, 0) is 4.79 Å². The van der Waals surface area contributed by atoms with Crippen molar-refractivity contribution in [2.75, 3.05) is 25.0 Å². The third-order valence-corrected chi connectivity index (χ3v) is 2.97. The maximum atomic E-state index is 11.9.